The van der Waals surface area contributed by atoms with E-state index in [2.05, 4.69) is 40.2 Å². The van der Waals surface area contributed by atoms with E-state index in [0.717, 1.165) is 35.1 Å². The normalized spacial score (nSPS) is 14.9. The maximum absolute atomic E-state index is 12.3. The van der Waals surface area contributed by atoms with Gasteiger partial charge in [-0.1, -0.05) is 31.5 Å². The van der Waals surface area contributed by atoms with E-state index in [-0.39, 0.29) is 5.91 Å². The molecule has 0 spiro atoms. The van der Waals surface area contributed by atoms with Crippen LogP contribution in [0.3, 0.4) is 0 Å². The topological polar surface area (TPSA) is 59.8 Å². The predicted octanol–water partition coefficient (Wildman–Crippen LogP) is 4.41. The van der Waals surface area contributed by atoms with E-state index in [9.17, 15) is 4.79 Å². The second kappa shape index (κ2) is 9.04. The van der Waals surface area contributed by atoms with E-state index in [0.29, 0.717) is 12.6 Å². The molecule has 5 nitrogen and oxygen atoms in total. The number of carbonyl (C=O) groups is 1. The number of hydrogen-bond donors (Lipinski definition) is 1. The molecule has 26 heavy (non-hydrogen) atoms. The van der Waals surface area contributed by atoms with Crippen LogP contribution in [0, 0.1) is 6.92 Å². The molecule has 2 heterocycles. The van der Waals surface area contributed by atoms with Gasteiger partial charge in [-0.05, 0) is 50.5 Å². The third-order valence-electron chi connectivity index (χ3n) is 5.04. The summed E-state index contributed by atoms with van der Waals surface area (Å²) in [6.45, 7) is 4.87. The molecule has 0 atom stereocenters. The minimum absolute atomic E-state index is 0.0415. The molecule has 0 aliphatic heterocycles. The summed E-state index contributed by atoms with van der Waals surface area (Å²) in [6, 6.07) is 2.55. The highest BCUT2D eigenvalue weighted by Crippen LogP contribution is 2.33. The van der Waals surface area contributed by atoms with Crippen LogP contribution in [0.4, 0.5) is 0 Å². The number of thioether (sulfide) groups is 1. The molecule has 0 radical (unpaired) electrons. The summed E-state index contributed by atoms with van der Waals surface area (Å²) < 4.78 is 2.34. The SMILES string of the molecule is CCc1sc(C(=O)NCCCc2nnc(SC)n2C2CCCC2)cc1C. The van der Waals surface area contributed by atoms with Gasteiger partial charge in [-0.3, -0.25) is 4.79 Å². The molecule has 1 fully saturated rings. The van der Waals surface area contributed by atoms with Gasteiger partial charge in [0.1, 0.15) is 5.82 Å². The van der Waals surface area contributed by atoms with Crippen molar-refractivity contribution in [2.75, 3.05) is 12.8 Å². The Bertz CT molecular complexity index is 747. The number of aryl methyl sites for hydroxylation is 3. The molecule has 3 rings (SSSR count). The number of hydrogen-bond acceptors (Lipinski definition) is 5. The van der Waals surface area contributed by atoms with Gasteiger partial charge < -0.3 is 9.88 Å². The molecule has 0 saturated heterocycles. The van der Waals surface area contributed by atoms with Gasteiger partial charge in [0.15, 0.2) is 5.16 Å². The van der Waals surface area contributed by atoms with E-state index >= 15 is 0 Å². The van der Waals surface area contributed by atoms with Crippen LogP contribution in [0.5, 0.6) is 0 Å². The first-order valence-corrected chi connectivity index (χ1v) is 11.5. The lowest BCUT2D eigenvalue weighted by Gasteiger charge is -2.16. The van der Waals surface area contributed by atoms with Crippen molar-refractivity contribution in [3.8, 4) is 0 Å². The van der Waals surface area contributed by atoms with Crippen LogP contribution in [0.2, 0.25) is 0 Å². The van der Waals surface area contributed by atoms with Crippen molar-refractivity contribution >= 4 is 29.0 Å². The zero-order chi connectivity index (χ0) is 18.5. The Balaban J connectivity index is 1.53. The van der Waals surface area contributed by atoms with Gasteiger partial charge in [0.2, 0.25) is 0 Å². The number of amides is 1. The van der Waals surface area contributed by atoms with Crippen molar-refractivity contribution in [1.29, 1.82) is 0 Å². The van der Waals surface area contributed by atoms with Crippen LogP contribution in [0.1, 0.15) is 71.0 Å². The van der Waals surface area contributed by atoms with Crippen molar-refractivity contribution in [1.82, 2.24) is 20.1 Å². The van der Waals surface area contributed by atoms with Gasteiger partial charge >= 0.3 is 0 Å². The molecule has 1 N–H and O–H groups in total. The second-order valence-electron chi connectivity index (χ2n) is 6.84. The average molecular weight is 393 g/mol. The zero-order valence-corrected chi connectivity index (χ0v) is 17.5. The zero-order valence-electron chi connectivity index (χ0n) is 15.9. The highest BCUT2D eigenvalue weighted by atomic mass is 32.2. The Labute approximate surface area is 164 Å². The summed E-state index contributed by atoms with van der Waals surface area (Å²) in [5, 5.41) is 12.8. The Kier molecular flexibility index (Phi) is 6.75. The lowest BCUT2D eigenvalue weighted by Crippen LogP contribution is -2.24. The fourth-order valence-corrected chi connectivity index (χ4v) is 5.27. The van der Waals surface area contributed by atoms with Crippen LogP contribution in [-0.2, 0) is 12.8 Å². The summed E-state index contributed by atoms with van der Waals surface area (Å²) in [5.74, 6) is 1.11. The van der Waals surface area contributed by atoms with Crippen molar-refractivity contribution in [3.05, 3.63) is 27.2 Å². The number of thiophene rings is 1. The molecule has 0 bridgehead atoms. The Morgan fingerprint density at radius 2 is 2.15 bits per heavy atom. The molecular weight excluding hydrogens is 364 g/mol. The maximum atomic E-state index is 12.3. The van der Waals surface area contributed by atoms with Gasteiger partial charge in [0.25, 0.3) is 5.91 Å². The Morgan fingerprint density at radius 1 is 1.38 bits per heavy atom. The van der Waals surface area contributed by atoms with Gasteiger partial charge in [0, 0.05) is 23.9 Å². The first-order chi connectivity index (χ1) is 12.6. The van der Waals surface area contributed by atoms with Gasteiger partial charge in [-0.25, -0.2) is 0 Å². The second-order valence-corrected chi connectivity index (χ2v) is 8.75. The lowest BCUT2D eigenvalue weighted by atomic mass is 10.2. The number of nitrogens with one attached hydrogen (secondary N) is 1. The molecule has 1 aliphatic rings. The highest BCUT2D eigenvalue weighted by Gasteiger charge is 2.23. The molecule has 2 aromatic rings. The van der Waals surface area contributed by atoms with E-state index < -0.39 is 0 Å². The quantitative estimate of drug-likeness (QED) is 0.534. The van der Waals surface area contributed by atoms with Crippen LogP contribution in [0.15, 0.2) is 11.2 Å². The maximum Gasteiger partial charge on any atom is 0.261 e. The van der Waals surface area contributed by atoms with Crippen molar-refractivity contribution in [3.63, 3.8) is 0 Å². The third kappa shape index (κ3) is 4.31. The first-order valence-electron chi connectivity index (χ1n) is 9.49. The molecule has 0 aromatic carbocycles. The highest BCUT2D eigenvalue weighted by molar-refractivity contribution is 7.98. The molecule has 142 valence electrons. The van der Waals surface area contributed by atoms with Crippen molar-refractivity contribution < 1.29 is 4.79 Å². The van der Waals surface area contributed by atoms with Crippen LogP contribution in [-0.4, -0.2) is 33.5 Å². The number of nitrogens with zero attached hydrogens (tertiary/aromatic N) is 3. The smallest absolute Gasteiger partial charge is 0.261 e. The molecule has 7 heteroatoms. The summed E-state index contributed by atoms with van der Waals surface area (Å²) in [4.78, 5) is 14.4. The summed E-state index contributed by atoms with van der Waals surface area (Å²) >= 11 is 3.28. The fraction of sp³-hybridized carbons (Fsp3) is 0.632. The van der Waals surface area contributed by atoms with Crippen LogP contribution < -0.4 is 5.32 Å². The third-order valence-corrected chi connectivity index (χ3v) is 7.06. The number of carbonyl (C=O) groups excluding carboxylic acids is 1. The number of aromatic nitrogens is 3. The van der Waals surface area contributed by atoms with E-state index in [1.165, 1.54) is 36.1 Å². The molecule has 1 aliphatic carbocycles. The average Bonchev–Trinajstić information content (AvgIpc) is 3.37. The molecule has 1 saturated carbocycles. The Morgan fingerprint density at radius 3 is 2.81 bits per heavy atom. The van der Waals surface area contributed by atoms with Gasteiger partial charge in [0.05, 0.1) is 4.88 Å². The van der Waals surface area contributed by atoms with Crippen molar-refractivity contribution in [2.24, 2.45) is 0 Å². The molecular formula is C19H28N4OS2. The first kappa shape index (κ1) is 19.4. The standard InChI is InChI=1S/C19H28N4OS2/c1-4-15-13(2)12-16(26-15)18(24)20-11-7-10-17-21-22-19(25-3)23(17)14-8-5-6-9-14/h12,14H,4-11H2,1-3H3,(H,20,24). The minimum atomic E-state index is 0.0415. The predicted molar refractivity (Wildman–Crippen MR) is 108 cm³/mol. The summed E-state index contributed by atoms with van der Waals surface area (Å²) in [5.41, 5.74) is 1.22. The molecule has 1 amide bonds. The summed E-state index contributed by atoms with van der Waals surface area (Å²) in [7, 11) is 0. The fourth-order valence-electron chi connectivity index (χ4n) is 3.66. The Hall–Kier alpha value is -1.34. The largest absolute Gasteiger partial charge is 0.351 e. The molecule has 0 unspecified atom stereocenters. The van der Waals surface area contributed by atoms with E-state index in [4.69, 9.17) is 0 Å². The van der Waals surface area contributed by atoms with Crippen molar-refractivity contribution in [2.45, 2.75) is 70.0 Å². The lowest BCUT2D eigenvalue weighted by molar-refractivity contribution is 0.0957. The summed E-state index contributed by atoms with van der Waals surface area (Å²) in [6.07, 6.45) is 9.84. The monoisotopic (exact) mass is 392 g/mol. The van der Waals surface area contributed by atoms with Crippen LogP contribution >= 0.6 is 23.1 Å². The van der Waals surface area contributed by atoms with E-state index in [1.807, 2.05) is 6.07 Å². The van der Waals surface area contributed by atoms with Gasteiger partial charge in [-0.15, -0.1) is 21.5 Å². The molecule has 2 aromatic heterocycles. The van der Waals surface area contributed by atoms with E-state index in [1.54, 1.807) is 23.1 Å². The van der Waals surface area contributed by atoms with Gasteiger partial charge in [-0.2, -0.15) is 0 Å². The minimum Gasteiger partial charge on any atom is -0.351 e. The van der Waals surface area contributed by atoms with Crippen LogP contribution in [0.25, 0.3) is 0 Å². The number of rotatable bonds is 8.